The number of thiocarbonyl (C=S) groups is 1. The summed E-state index contributed by atoms with van der Waals surface area (Å²) >= 11 is 5.15. The molecule has 0 heterocycles. The predicted octanol–water partition coefficient (Wildman–Crippen LogP) is 2.97. The second kappa shape index (κ2) is 5.71. The third kappa shape index (κ3) is 2.69. The highest BCUT2D eigenvalue weighted by molar-refractivity contribution is 7.80. The van der Waals surface area contributed by atoms with E-state index in [-0.39, 0.29) is 0 Å². The smallest absolute Gasteiger partial charge is 0.191 e. The van der Waals surface area contributed by atoms with Crippen molar-refractivity contribution >= 4 is 17.3 Å². The maximum Gasteiger partial charge on any atom is 0.191 e. The van der Waals surface area contributed by atoms with Crippen molar-refractivity contribution in [2.24, 2.45) is 0 Å². The average molecular weight is 224 g/mol. The maximum absolute atomic E-state index is 5.32. The Morgan fingerprint density at radius 2 is 2.07 bits per heavy atom. The minimum absolute atomic E-state index is 0.525. The van der Waals surface area contributed by atoms with Crippen molar-refractivity contribution in [3.63, 3.8) is 0 Å². The molecule has 1 aromatic rings. The molecule has 2 nitrogen and oxygen atoms in total. The number of hydrogen-bond donors (Lipinski definition) is 0. The summed E-state index contributed by atoms with van der Waals surface area (Å²) in [5, 5.41) is 0.525. The van der Waals surface area contributed by atoms with Crippen LogP contribution in [-0.4, -0.2) is 19.3 Å². The van der Waals surface area contributed by atoms with Gasteiger partial charge in [0.2, 0.25) is 0 Å². The van der Waals surface area contributed by atoms with Gasteiger partial charge in [-0.05, 0) is 30.8 Å². The summed E-state index contributed by atoms with van der Waals surface area (Å²) < 4.78 is 10.4. The molecular formula is C12H16O2S. The summed E-state index contributed by atoms with van der Waals surface area (Å²) in [5.41, 5.74) is 2.10. The maximum atomic E-state index is 5.32. The van der Waals surface area contributed by atoms with Gasteiger partial charge in [-0.3, -0.25) is 0 Å². The Bertz CT molecular complexity index is 347. The lowest BCUT2D eigenvalue weighted by Crippen LogP contribution is -2.06. The van der Waals surface area contributed by atoms with Gasteiger partial charge in [0, 0.05) is 11.1 Å². The zero-order valence-corrected chi connectivity index (χ0v) is 10.2. The van der Waals surface area contributed by atoms with E-state index in [0.717, 1.165) is 29.7 Å². The van der Waals surface area contributed by atoms with Gasteiger partial charge in [-0.1, -0.05) is 19.4 Å². The molecule has 0 radical (unpaired) electrons. The molecule has 0 aliphatic carbocycles. The van der Waals surface area contributed by atoms with Crippen molar-refractivity contribution < 1.29 is 9.47 Å². The van der Waals surface area contributed by atoms with E-state index in [2.05, 4.69) is 6.92 Å². The number of methoxy groups -OCH3 is 2. The molecule has 0 saturated carbocycles. The summed E-state index contributed by atoms with van der Waals surface area (Å²) in [6.45, 7) is 2.13. The molecule has 0 saturated heterocycles. The van der Waals surface area contributed by atoms with E-state index < -0.39 is 0 Å². The Labute approximate surface area is 96.2 Å². The molecule has 0 unspecified atom stereocenters. The van der Waals surface area contributed by atoms with Gasteiger partial charge in [0.1, 0.15) is 5.75 Å². The molecule has 1 aromatic carbocycles. The van der Waals surface area contributed by atoms with Crippen LogP contribution in [0.4, 0.5) is 0 Å². The second-order valence-electron chi connectivity index (χ2n) is 3.23. The monoisotopic (exact) mass is 224 g/mol. The summed E-state index contributed by atoms with van der Waals surface area (Å²) in [5.74, 6) is 0.883. The van der Waals surface area contributed by atoms with E-state index in [9.17, 15) is 0 Å². The molecule has 0 aliphatic heterocycles. The fourth-order valence-electron chi connectivity index (χ4n) is 1.57. The Balaban J connectivity index is 3.18. The Morgan fingerprint density at radius 3 is 2.60 bits per heavy atom. The van der Waals surface area contributed by atoms with Crippen LogP contribution in [0.3, 0.4) is 0 Å². The van der Waals surface area contributed by atoms with Crippen LogP contribution in [0.5, 0.6) is 5.75 Å². The topological polar surface area (TPSA) is 18.5 Å². The third-order valence-electron chi connectivity index (χ3n) is 2.26. The summed E-state index contributed by atoms with van der Waals surface area (Å²) in [7, 11) is 3.27. The van der Waals surface area contributed by atoms with Gasteiger partial charge in [-0.25, -0.2) is 0 Å². The molecule has 82 valence electrons. The first-order valence-corrected chi connectivity index (χ1v) is 5.39. The standard InChI is InChI=1S/C12H16O2S/c1-4-6-9-10(12(15)14-3)7-5-8-11(9)13-2/h5,7-8H,4,6H2,1-3H3. The molecule has 0 amide bonds. The van der Waals surface area contributed by atoms with Crippen molar-refractivity contribution in [2.45, 2.75) is 19.8 Å². The van der Waals surface area contributed by atoms with Crippen LogP contribution in [-0.2, 0) is 11.2 Å². The average Bonchev–Trinajstić information content (AvgIpc) is 2.28. The van der Waals surface area contributed by atoms with Crippen LogP contribution in [0, 0.1) is 0 Å². The second-order valence-corrected chi connectivity index (χ2v) is 3.60. The van der Waals surface area contributed by atoms with E-state index in [1.54, 1.807) is 14.2 Å². The van der Waals surface area contributed by atoms with Crippen LogP contribution >= 0.6 is 12.2 Å². The highest BCUT2D eigenvalue weighted by atomic mass is 32.1. The zero-order valence-electron chi connectivity index (χ0n) is 9.37. The molecule has 0 aliphatic rings. The first-order valence-electron chi connectivity index (χ1n) is 4.98. The minimum atomic E-state index is 0.525. The zero-order chi connectivity index (χ0) is 11.3. The van der Waals surface area contributed by atoms with Crippen molar-refractivity contribution in [3.8, 4) is 5.75 Å². The van der Waals surface area contributed by atoms with Gasteiger partial charge >= 0.3 is 0 Å². The van der Waals surface area contributed by atoms with Crippen molar-refractivity contribution in [3.05, 3.63) is 29.3 Å². The third-order valence-corrected chi connectivity index (χ3v) is 2.64. The minimum Gasteiger partial charge on any atom is -0.496 e. The molecule has 0 aromatic heterocycles. The lowest BCUT2D eigenvalue weighted by Gasteiger charge is -2.13. The lowest BCUT2D eigenvalue weighted by molar-refractivity contribution is 0.404. The highest BCUT2D eigenvalue weighted by Crippen LogP contribution is 2.24. The normalized spacial score (nSPS) is 9.80. The van der Waals surface area contributed by atoms with E-state index in [1.807, 2.05) is 18.2 Å². The number of hydrogen-bond acceptors (Lipinski definition) is 3. The van der Waals surface area contributed by atoms with Gasteiger partial charge in [0.05, 0.1) is 14.2 Å². The predicted molar refractivity (Wildman–Crippen MR) is 65.7 cm³/mol. The molecule has 0 bridgehead atoms. The highest BCUT2D eigenvalue weighted by Gasteiger charge is 2.11. The van der Waals surface area contributed by atoms with Crippen LogP contribution in [0.25, 0.3) is 0 Å². The van der Waals surface area contributed by atoms with E-state index in [4.69, 9.17) is 21.7 Å². The van der Waals surface area contributed by atoms with Gasteiger partial charge in [-0.15, -0.1) is 0 Å². The molecule has 0 fully saturated rings. The van der Waals surface area contributed by atoms with Gasteiger partial charge in [0.15, 0.2) is 5.05 Å². The van der Waals surface area contributed by atoms with Crippen molar-refractivity contribution in [1.29, 1.82) is 0 Å². The molecular weight excluding hydrogens is 208 g/mol. The fourth-order valence-corrected chi connectivity index (χ4v) is 1.76. The van der Waals surface area contributed by atoms with Crippen LogP contribution < -0.4 is 4.74 Å². The Morgan fingerprint density at radius 1 is 1.33 bits per heavy atom. The molecule has 0 atom stereocenters. The Kier molecular flexibility index (Phi) is 4.56. The van der Waals surface area contributed by atoms with Gasteiger partial charge in [-0.2, -0.15) is 0 Å². The lowest BCUT2D eigenvalue weighted by atomic mass is 10.0. The first kappa shape index (κ1) is 12.0. The summed E-state index contributed by atoms with van der Waals surface area (Å²) in [6.07, 6.45) is 2.00. The number of benzene rings is 1. The van der Waals surface area contributed by atoms with Gasteiger partial charge < -0.3 is 9.47 Å². The molecule has 1 rings (SSSR count). The molecule has 15 heavy (non-hydrogen) atoms. The largest absolute Gasteiger partial charge is 0.496 e. The summed E-state index contributed by atoms with van der Waals surface area (Å²) in [4.78, 5) is 0. The molecule has 3 heteroatoms. The first-order chi connectivity index (χ1) is 7.24. The van der Waals surface area contributed by atoms with Crippen LogP contribution in [0.2, 0.25) is 0 Å². The number of rotatable bonds is 4. The SMILES string of the molecule is CCCc1c(OC)cccc1C(=S)OC. The fraction of sp³-hybridized carbons (Fsp3) is 0.417. The number of ether oxygens (including phenoxy) is 2. The van der Waals surface area contributed by atoms with Crippen LogP contribution in [0.15, 0.2) is 18.2 Å². The van der Waals surface area contributed by atoms with Gasteiger partial charge in [0.25, 0.3) is 0 Å². The van der Waals surface area contributed by atoms with Crippen LogP contribution in [0.1, 0.15) is 24.5 Å². The quantitative estimate of drug-likeness (QED) is 0.733. The Hall–Kier alpha value is -1.09. The van der Waals surface area contributed by atoms with Crippen molar-refractivity contribution in [2.75, 3.05) is 14.2 Å². The van der Waals surface area contributed by atoms with E-state index in [1.165, 1.54) is 0 Å². The molecule has 0 spiro atoms. The van der Waals surface area contributed by atoms with E-state index >= 15 is 0 Å². The van der Waals surface area contributed by atoms with E-state index in [0.29, 0.717) is 5.05 Å². The molecule has 0 N–H and O–H groups in total. The van der Waals surface area contributed by atoms with Crippen molar-refractivity contribution in [1.82, 2.24) is 0 Å². The summed E-state index contributed by atoms with van der Waals surface area (Å²) in [6, 6.07) is 5.85.